The van der Waals surface area contributed by atoms with Gasteiger partial charge in [-0.2, -0.15) is 0 Å². The Bertz CT molecular complexity index is 1310. The normalized spacial score (nSPS) is 14.6. The zero-order chi connectivity index (χ0) is 23.5. The van der Waals surface area contributed by atoms with Gasteiger partial charge in [-0.25, -0.2) is 0 Å². The van der Waals surface area contributed by atoms with E-state index in [4.69, 9.17) is 0 Å². The van der Waals surface area contributed by atoms with E-state index in [0.717, 1.165) is 41.5 Å². The number of carbonyl (C=O) groups is 2. The minimum Gasteiger partial charge on any atom is -0.360 e. The summed E-state index contributed by atoms with van der Waals surface area (Å²) in [6.45, 7) is 3.52. The lowest BCUT2D eigenvalue weighted by molar-refractivity contribution is -0.117. The smallest absolute Gasteiger partial charge is 0.227 e. The van der Waals surface area contributed by atoms with Crippen LogP contribution in [0.15, 0.2) is 79.0 Å². The molecule has 0 saturated carbocycles. The van der Waals surface area contributed by atoms with Gasteiger partial charge in [0.25, 0.3) is 0 Å². The van der Waals surface area contributed by atoms with Crippen molar-refractivity contribution in [2.75, 3.05) is 18.0 Å². The number of fused-ring (bicyclic) bond motifs is 1. The molecule has 5 rings (SSSR count). The maximum Gasteiger partial charge on any atom is 0.227 e. The van der Waals surface area contributed by atoms with Crippen LogP contribution in [0.25, 0.3) is 10.9 Å². The van der Waals surface area contributed by atoms with Gasteiger partial charge >= 0.3 is 0 Å². The second kappa shape index (κ2) is 9.65. The lowest BCUT2D eigenvalue weighted by Crippen LogP contribution is -2.30. The molecule has 0 unspecified atom stereocenters. The van der Waals surface area contributed by atoms with Gasteiger partial charge < -0.3 is 15.2 Å². The Hall–Kier alpha value is -3.70. The number of hydrogen-bond acceptors (Lipinski definition) is 3. The summed E-state index contributed by atoms with van der Waals surface area (Å²) in [5, 5.41) is 4.37. The van der Waals surface area contributed by atoms with E-state index in [0.29, 0.717) is 18.5 Å². The number of hydrogen-bond donors (Lipinski definition) is 2. The van der Waals surface area contributed by atoms with Gasteiger partial charge in [0.05, 0.1) is 6.04 Å². The summed E-state index contributed by atoms with van der Waals surface area (Å²) in [5.74, 6) is 0.190. The summed E-state index contributed by atoms with van der Waals surface area (Å²) in [7, 11) is 0. The van der Waals surface area contributed by atoms with Gasteiger partial charge in [0.2, 0.25) is 5.91 Å². The second-order valence-electron chi connectivity index (χ2n) is 8.98. The predicted octanol–water partition coefficient (Wildman–Crippen LogP) is 5.36. The van der Waals surface area contributed by atoms with E-state index >= 15 is 0 Å². The lowest BCUT2D eigenvalue weighted by atomic mass is 9.96. The largest absolute Gasteiger partial charge is 0.360 e. The van der Waals surface area contributed by atoms with Gasteiger partial charge in [0.1, 0.15) is 0 Å². The van der Waals surface area contributed by atoms with Crippen LogP contribution in [0.2, 0.25) is 0 Å². The highest BCUT2D eigenvalue weighted by atomic mass is 16.2. The standard InChI is InChI=1S/C29H29N3O2/c1-20-9-11-21(12-10-20)15-16-30-28(22-6-3-2-4-7-22)29(34)25-19-31-26-18-23(13-14-24(25)26)32-17-5-8-27(32)33/h2-4,6-7,9-14,18-19,28,30-31H,5,8,15-17H2,1H3/t28-/m0/s1. The molecular formula is C29H29N3O2. The number of ketones is 1. The van der Waals surface area contributed by atoms with Crippen LogP contribution in [0, 0.1) is 6.92 Å². The Morgan fingerprint density at radius 3 is 2.59 bits per heavy atom. The molecule has 2 N–H and O–H groups in total. The number of carbonyl (C=O) groups excluding carboxylic acids is 2. The lowest BCUT2D eigenvalue weighted by Gasteiger charge is -2.18. The first kappa shape index (κ1) is 22.1. The molecule has 0 spiro atoms. The average Bonchev–Trinajstić information content (AvgIpc) is 3.49. The summed E-state index contributed by atoms with van der Waals surface area (Å²) in [6.07, 6.45) is 4.12. The average molecular weight is 452 g/mol. The monoisotopic (exact) mass is 451 g/mol. The van der Waals surface area contributed by atoms with E-state index in [9.17, 15) is 9.59 Å². The van der Waals surface area contributed by atoms with Gasteiger partial charge in [0, 0.05) is 47.9 Å². The number of rotatable bonds is 8. The number of anilines is 1. The fourth-order valence-corrected chi connectivity index (χ4v) is 4.69. The first-order chi connectivity index (χ1) is 16.6. The molecule has 5 heteroatoms. The van der Waals surface area contributed by atoms with E-state index in [2.05, 4.69) is 41.5 Å². The minimum absolute atomic E-state index is 0.0337. The van der Waals surface area contributed by atoms with Crippen molar-refractivity contribution in [2.24, 2.45) is 0 Å². The van der Waals surface area contributed by atoms with Crippen molar-refractivity contribution < 1.29 is 9.59 Å². The molecule has 1 atom stereocenters. The highest BCUT2D eigenvalue weighted by Crippen LogP contribution is 2.29. The quantitative estimate of drug-likeness (QED) is 0.355. The maximum absolute atomic E-state index is 13.8. The zero-order valence-corrected chi connectivity index (χ0v) is 19.4. The van der Waals surface area contributed by atoms with Crippen molar-refractivity contribution in [2.45, 2.75) is 32.2 Å². The number of nitrogens with zero attached hydrogens (tertiary/aromatic N) is 1. The van der Waals surface area contributed by atoms with E-state index in [-0.39, 0.29) is 11.7 Å². The molecule has 0 radical (unpaired) electrons. The number of aromatic amines is 1. The molecule has 1 aromatic heterocycles. The minimum atomic E-state index is -0.439. The summed E-state index contributed by atoms with van der Waals surface area (Å²) in [4.78, 5) is 31.0. The summed E-state index contributed by atoms with van der Waals surface area (Å²) < 4.78 is 0. The second-order valence-corrected chi connectivity index (χ2v) is 8.98. The zero-order valence-electron chi connectivity index (χ0n) is 19.4. The molecule has 1 aliphatic rings. The molecular weight excluding hydrogens is 422 g/mol. The number of Topliss-reactive ketones (excluding diaryl/α,β-unsaturated/α-hetero) is 1. The van der Waals surface area contributed by atoms with E-state index in [1.165, 1.54) is 11.1 Å². The Morgan fingerprint density at radius 1 is 1.06 bits per heavy atom. The summed E-state index contributed by atoms with van der Waals surface area (Å²) in [5.41, 5.74) is 5.84. The first-order valence-corrected chi connectivity index (χ1v) is 11.9. The topological polar surface area (TPSA) is 65.2 Å². The molecule has 172 valence electrons. The summed E-state index contributed by atoms with van der Waals surface area (Å²) >= 11 is 0. The van der Waals surface area contributed by atoms with Gasteiger partial charge in [-0.05, 0) is 43.0 Å². The van der Waals surface area contributed by atoms with Crippen LogP contribution in [-0.4, -0.2) is 29.8 Å². The van der Waals surface area contributed by atoms with Crippen molar-refractivity contribution in [1.29, 1.82) is 0 Å². The fourth-order valence-electron chi connectivity index (χ4n) is 4.69. The molecule has 2 heterocycles. The molecule has 1 fully saturated rings. The van der Waals surface area contributed by atoms with Crippen molar-refractivity contribution in [1.82, 2.24) is 10.3 Å². The van der Waals surface area contributed by atoms with Crippen LogP contribution in [0.3, 0.4) is 0 Å². The van der Waals surface area contributed by atoms with Crippen LogP contribution in [-0.2, 0) is 11.2 Å². The number of aromatic nitrogens is 1. The van der Waals surface area contributed by atoms with Crippen molar-refractivity contribution in [3.8, 4) is 0 Å². The molecule has 1 amide bonds. The fraction of sp³-hybridized carbons (Fsp3) is 0.241. The van der Waals surface area contributed by atoms with Gasteiger partial charge in [-0.1, -0.05) is 66.2 Å². The van der Waals surface area contributed by atoms with Crippen LogP contribution in [0.1, 0.15) is 45.9 Å². The van der Waals surface area contributed by atoms with Crippen LogP contribution in [0.4, 0.5) is 5.69 Å². The van der Waals surface area contributed by atoms with E-state index in [1.807, 2.05) is 53.4 Å². The number of amides is 1. The van der Waals surface area contributed by atoms with Crippen LogP contribution < -0.4 is 10.2 Å². The molecule has 5 nitrogen and oxygen atoms in total. The number of benzene rings is 3. The van der Waals surface area contributed by atoms with Crippen molar-refractivity contribution in [3.05, 3.63) is 101 Å². The van der Waals surface area contributed by atoms with Crippen molar-refractivity contribution in [3.63, 3.8) is 0 Å². The predicted molar refractivity (Wildman–Crippen MR) is 136 cm³/mol. The van der Waals surface area contributed by atoms with Gasteiger partial charge in [-0.15, -0.1) is 0 Å². The number of H-pyrrole nitrogens is 1. The first-order valence-electron chi connectivity index (χ1n) is 11.9. The van der Waals surface area contributed by atoms with Crippen molar-refractivity contribution >= 4 is 28.3 Å². The third kappa shape index (κ3) is 4.52. The highest BCUT2D eigenvalue weighted by molar-refractivity contribution is 6.11. The number of nitrogens with one attached hydrogen (secondary N) is 2. The third-order valence-electron chi connectivity index (χ3n) is 6.59. The van der Waals surface area contributed by atoms with Gasteiger partial charge in [-0.3, -0.25) is 9.59 Å². The Morgan fingerprint density at radius 2 is 1.85 bits per heavy atom. The SMILES string of the molecule is Cc1ccc(CCN[C@H](C(=O)c2c[nH]c3cc(N4CCCC4=O)ccc23)c2ccccc2)cc1. The van der Waals surface area contributed by atoms with Crippen LogP contribution >= 0.6 is 0 Å². The third-order valence-corrected chi connectivity index (χ3v) is 6.59. The Balaban J connectivity index is 1.39. The maximum atomic E-state index is 13.8. The molecule has 1 saturated heterocycles. The molecule has 34 heavy (non-hydrogen) atoms. The molecule has 0 aliphatic carbocycles. The molecule has 3 aromatic carbocycles. The Labute approximate surface area is 199 Å². The summed E-state index contributed by atoms with van der Waals surface area (Å²) in [6, 6.07) is 23.8. The number of aryl methyl sites for hydroxylation is 1. The molecule has 1 aliphatic heterocycles. The van der Waals surface area contributed by atoms with Crippen LogP contribution in [0.5, 0.6) is 0 Å². The van der Waals surface area contributed by atoms with E-state index in [1.54, 1.807) is 6.20 Å². The molecule has 4 aromatic rings. The van der Waals surface area contributed by atoms with E-state index < -0.39 is 6.04 Å². The highest BCUT2D eigenvalue weighted by Gasteiger charge is 2.25. The Kier molecular flexibility index (Phi) is 6.28. The molecule has 0 bridgehead atoms. The van der Waals surface area contributed by atoms with Gasteiger partial charge in [0.15, 0.2) is 5.78 Å².